The molecule has 2 aliphatic heterocycles. The predicted octanol–water partition coefficient (Wildman–Crippen LogP) is 0.280. The van der Waals surface area contributed by atoms with Gasteiger partial charge in [-0.05, 0) is 18.2 Å². The number of thiazole rings is 1. The van der Waals surface area contributed by atoms with E-state index < -0.39 is 23.5 Å². The molecule has 8 nitrogen and oxygen atoms in total. The molecule has 2 amide bonds. The van der Waals surface area contributed by atoms with E-state index in [0.29, 0.717) is 34.0 Å². The number of hydrogen-bond donors (Lipinski definition) is 3. The minimum absolute atomic E-state index is 0.0198. The van der Waals surface area contributed by atoms with Crippen LogP contribution in [0, 0.1) is 11.8 Å². The molecule has 0 unspecified atom stereocenters. The third-order valence-electron chi connectivity index (χ3n) is 4.72. The van der Waals surface area contributed by atoms with E-state index in [1.807, 2.05) is 0 Å². The maximum atomic E-state index is 12.1. The Morgan fingerprint density at radius 2 is 2.29 bits per heavy atom. The Bertz CT molecular complexity index is 1050. The number of rotatable bonds is 1. The van der Waals surface area contributed by atoms with Crippen LogP contribution in [0.15, 0.2) is 18.2 Å². The van der Waals surface area contributed by atoms with Crippen molar-refractivity contribution in [2.45, 2.75) is 18.1 Å². The summed E-state index contributed by atoms with van der Waals surface area (Å²) in [5, 5.41) is 20.8. The standard InChI is InChI=1S/C19H17N3O5S/c1-22-7-6-19(26,18(22)25)5-4-10-2-3-13-11(8-10)14-15(12(23)9-27-13)28-17(21-14)16(20)24/h2-3,8,12,23,26H,6-7,9H2,1H3,(H2,20,24)/t12-,19-/m0/s1. The van der Waals surface area contributed by atoms with Gasteiger partial charge in [0.15, 0.2) is 5.01 Å². The number of ether oxygens (including phenoxy) is 1. The SMILES string of the molecule is CN1CC[C@@](O)(C#Cc2ccc3c(c2)-c2nc(C(N)=O)sc2[C@@H](O)CO3)C1=O. The number of amides is 2. The van der Waals surface area contributed by atoms with E-state index >= 15 is 0 Å². The lowest BCUT2D eigenvalue weighted by Crippen LogP contribution is -2.37. The third kappa shape index (κ3) is 3.01. The molecule has 1 saturated heterocycles. The topological polar surface area (TPSA) is 126 Å². The first-order chi connectivity index (χ1) is 13.3. The molecular weight excluding hydrogens is 382 g/mol. The van der Waals surface area contributed by atoms with Crippen molar-refractivity contribution in [3.8, 4) is 28.8 Å². The van der Waals surface area contributed by atoms with Gasteiger partial charge in [0.25, 0.3) is 11.8 Å². The fourth-order valence-corrected chi connectivity index (χ4v) is 4.07. The second kappa shape index (κ2) is 6.60. The van der Waals surface area contributed by atoms with Gasteiger partial charge in [0.05, 0.1) is 10.6 Å². The molecule has 0 aliphatic carbocycles. The number of likely N-dealkylation sites (tertiary alicyclic amines) is 1. The van der Waals surface area contributed by atoms with Gasteiger partial charge in [0, 0.05) is 31.1 Å². The fraction of sp³-hybridized carbons (Fsp3) is 0.316. The smallest absolute Gasteiger partial charge is 0.277 e. The lowest BCUT2D eigenvalue weighted by Gasteiger charge is -2.13. The second-order valence-electron chi connectivity index (χ2n) is 6.72. The molecule has 0 spiro atoms. The zero-order chi connectivity index (χ0) is 20.1. The Kier molecular flexibility index (Phi) is 4.34. The summed E-state index contributed by atoms with van der Waals surface area (Å²) in [6, 6.07) is 5.06. The predicted molar refractivity (Wildman–Crippen MR) is 101 cm³/mol. The number of carbonyl (C=O) groups excluding carboxylic acids is 2. The molecule has 9 heteroatoms. The summed E-state index contributed by atoms with van der Waals surface area (Å²) in [4.78, 5) is 29.8. The van der Waals surface area contributed by atoms with Gasteiger partial charge in [-0.3, -0.25) is 9.59 Å². The van der Waals surface area contributed by atoms with Crippen molar-refractivity contribution in [2.75, 3.05) is 20.2 Å². The molecule has 144 valence electrons. The van der Waals surface area contributed by atoms with Crippen LogP contribution in [0.3, 0.4) is 0 Å². The maximum absolute atomic E-state index is 12.1. The number of hydrogen-bond acceptors (Lipinski definition) is 7. The number of nitrogens with two attached hydrogens (primary N) is 1. The second-order valence-corrected chi connectivity index (χ2v) is 7.75. The number of aliphatic hydroxyl groups excluding tert-OH is 1. The number of nitrogens with zero attached hydrogens (tertiary/aromatic N) is 2. The minimum atomic E-state index is -1.70. The molecule has 2 atom stereocenters. The lowest BCUT2D eigenvalue weighted by atomic mass is 10.0. The fourth-order valence-electron chi connectivity index (χ4n) is 3.16. The summed E-state index contributed by atoms with van der Waals surface area (Å²) in [6.07, 6.45) is -0.691. The molecule has 0 saturated carbocycles. The quantitative estimate of drug-likeness (QED) is 0.592. The Morgan fingerprint density at radius 1 is 1.50 bits per heavy atom. The molecule has 0 bridgehead atoms. The van der Waals surface area contributed by atoms with Gasteiger partial charge in [0.2, 0.25) is 5.60 Å². The van der Waals surface area contributed by atoms with Gasteiger partial charge < -0.3 is 25.6 Å². The van der Waals surface area contributed by atoms with Crippen LogP contribution in [-0.4, -0.2) is 57.7 Å². The van der Waals surface area contributed by atoms with E-state index in [1.54, 1.807) is 25.2 Å². The molecule has 1 aromatic heterocycles. The summed E-state index contributed by atoms with van der Waals surface area (Å²) in [6.45, 7) is 0.462. The Morgan fingerprint density at radius 3 is 2.96 bits per heavy atom. The molecule has 0 radical (unpaired) electrons. The number of aliphatic hydroxyl groups is 2. The van der Waals surface area contributed by atoms with Crippen molar-refractivity contribution in [1.82, 2.24) is 9.88 Å². The highest BCUT2D eigenvalue weighted by atomic mass is 32.1. The number of likely N-dealkylation sites (N-methyl/N-ethyl adjacent to an activating group) is 1. The van der Waals surface area contributed by atoms with Crippen LogP contribution in [-0.2, 0) is 4.79 Å². The number of aromatic nitrogens is 1. The summed E-state index contributed by atoms with van der Waals surface area (Å²) < 4.78 is 5.63. The summed E-state index contributed by atoms with van der Waals surface area (Å²) in [5.74, 6) is 4.90. The highest BCUT2D eigenvalue weighted by Crippen LogP contribution is 2.41. The molecule has 2 aromatic rings. The average molecular weight is 399 g/mol. The molecular formula is C19H17N3O5S. The van der Waals surface area contributed by atoms with Crippen LogP contribution >= 0.6 is 11.3 Å². The Balaban J connectivity index is 1.76. The van der Waals surface area contributed by atoms with Gasteiger partial charge in [-0.15, -0.1) is 11.3 Å². The van der Waals surface area contributed by atoms with Crippen molar-refractivity contribution >= 4 is 23.2 Å². The van der Waals surface area contributed by atoms with Crippen LogP contribution in [0.4, 0.5) is 0 Å². The van der Waals surface area contributed by atoms with Crippen molar-refractivity contribution in [2.24, 2.45) is 5.73 Å². The molecule has 2 aliphatic rings. The molecule has 28 heavy (non-hydrogen) atoms. The first-order valence-electron chi connectivity index (χ1n) is 8.55. The summed E-state index contributed by atoms with van der Waals surface area (Å²) >= 11 is 1.03. The normalized spacial score (nSPS) is 23.2. The molecule has 1 aromatic carbocycles. The third-order valence-corrected chi connectivity index (χ3v) is 5.89. The van der Waals surface area contributed by atoms with Gasteiger partial charge in [-0.2, -0.15) is 0 Å². The van der Waals surface area contributed by atoms with Crippen LogP contribution in [0.5, 0.6) is 5.75 Å². The van der Waals surface area contributed by atoms with E-state index in [1.165, 1.54) is 4.90 Å². The molecule has 1 fully saturated rings. The highest BCUT2D eigenvalue weighted by Gasteiger charge is 2.42. The number of primary amides is 1. The Labute approximate surface area is 164 Å². The van der Waals surface area contributed by atoms with Crippen LogP contribution in [0.1, 0.15) is 32.8 Å². The first kappa shape index (κ1) is 18.4. The Hall–Kier alpha value is -2.93. The van der Waals surface area contributed by atoms with E-state index in [4.69, 9.17) is 10.5 Å². The van der Waals surface area contributed by atoms with Crippen molar-refractivity contribution in [1.29, 1.82) is 0 Å². The van der Waals surface area contributed by atoms with Crippen molar-refractivity contribution in [3.63, 3.8) is 0 Å². The summed E-state index contributed by atoms with van der Waals surface area (Å²) in [5.41, 5.74) is 5.14. The van der Waals surface area contributed by atoms with Gasteiger partial charge in [-0.25, -0.2) is 4.98 Å². The summed E-state index contributed by atoms with van der Waals surface area (Å²) in [7, 11) is 1.62. The minimum Gasteiger partial charge on any atom is -0.490 e. The molecule has 4 rings (SSSR count). The number of fused-ring (bicyclic) bond motifs is 3. The van der Waals surface area contributed by atoms with Gasteiger partial charge >= 0.3 is 0 Å². The van der Waals surface area contributed by atoms with Crippen molar-refractivity contribution < 1.29 is 24.5 Å². The largest absolute Gasteiger partial charge is 0.490 e. The van der Waals surface area contributed by atoms with Gasteiger partial charge in [0.1, 0.15) is 18.5 Å². The lowest BCUT2D eigenvalue weighted by molar-refractivity contribution is -0.137. The van der Waals surface area contributed by atoms with Crippen LogP contribution in [0.25, 0.3) is 11.3 Å². The number of benzene rings is 1. The van der Waals surface area contributed by atoms with Crippen LogP contribution in [0.2, 0.25) is 0 Å². The van der Waals surface area contributed by atoms with Crippen molar-refractivity contribution in [3.05, 3.63) is 33.6 Å². The zero-order valence-corrected chi connectivity index (χ0v) is 15.7. The van der Waals surface area contributed by atoms with E-state index in [2.05, 4.69) is 16.8 Å². The van der Waals surface area contributed by atoms with E-state index in [9.17, 15) is 19.8 Å². The monoisotopic (exact) mass is 399 g/mol. The van der Waals surface area contributed by atoms with E-state index in [0.717, 1.165) is 11.3 Å². The van der Waals surface area contributed by atoms with Gasteiger partial charge in [-0.1, -0.05) is 11.8 Å². The van der Waals surface area contributed by atoms with E-state index in [-0.39, 0.29) is 18.0 Å². The van der Waals surface area contributed by atoms with Crippen LogP contribution < -0.4 is 10.5 Å². The molecule has 3 heterocycles. The maximum Gasteiger partial charge on any atom is 0.277 e. The first-order valence-corrected chi connectivity index (χ1v) is 9.37. The highest BCUT2D eigenvalue weighted by molar-refractivity contribution is 7.14. The molecule has 4 N–H and O–H groups in total. The average Bonchev–Trinajstić information content (AvgIpc) is 3.20. The zero-order valence-electron chi connectivity index (χ0n) is 14.9. The number of carbonyl (C=O) groups is 2.